The SMILES string of the molecule is CCC(Cc1ccccc1)NC(=O)N1CCC(CO)CC1. The van der Waals surface area contributed by atoms with Crippen LogP contribution in [-0.4, -0.2) is 41.8 Å². The molecule has 1 aliphatic heterocycles. The Kier molecular flexibility index (Phi) is 6.05. The van der Waals surface area contributed by atoms with E-state index in [4.69, 9.17) is 5.11 Å². The van der Waals surface area contributed by atoms with Gasteiger partial charge in [-0.05, 0) is 37.2 Å². The lowest BCUT2D eigenvalue weighted by atomic mass is 9.98. The van der Waals surface area contributed by atoms with Gasteiger partial charge in [0.1, 0.15) is 0 Å². The van der Waals surface area contributed by atoms with Gasteiger partial charge < -0.3 is 15.3 Å². The van der Waals surface area contributed by atoms with Crippen molar-refractivity contribution in [3.63, 3.8) is 0 Å². The minimum atomic E-state index is 0.0363. The molecule has 2 N–H and O–H groups in total. The maximum absolute atomic E-state index is 12.3. The Morgan fingerprint density at radius 3 is 2.57 bits per heavy atom. The average molecular weight is 290 g/mol. The highest BCUT2D eigenvalue weighted by Crippen LogP contribution is 2.16. The third-order valence-electron chi connectivity index (χ3n) is 4.31. The van der Waals surface area contributed by atoms with E-state index in [2.05, 4.69) is 24.4 Å². The van der Waals surface area contributed by atoms with Crippen molar-refractivity contribution in [2.24, 2.45) is 5.92 Å². The van der Waals surface area contributed by atoms with Crippen LogP contribution in [0.5, 0.6) is 0 Å². The van der Waals surface area contributed by atoms with Crippen molar-refractivity contribution < 1.29 is 9.90 Å². The van der Waals surface area contributed by atoms with Gasteiger partial charge >= 0.3 is 6.03 Å². The van der Waals surface area contributed by atoms with Gasteiger partial charge in [-0.1, -0.05) is 37.3 Å². The van der Waals surface area contributed by atoms with Crippen molar-refractivity contribution in [1.29, 1.82) is 0 Å². The van der Waals surface area contributed by atoms with Crippen LogP contribution in [0.1, 0.15) is 31.7 Å². The number of hydrogen-bond acceptors (Lipinski definition) is 2. The van der Waals surface area contributed by atoms with Crippen molar-refractivity contribution in [1.82, 2.24) is 10.2 Å². The predicted octanol–water partition coefficient (Wildman–Crippen LogP) is 2.42. The monoisotopic (exact) mass is 290 g/mol. The zero-order valence-electron chi connectivity index (χ0n) is 12.8. The molecule has 1 fully saturated rings. The van der Waals surface area contributed by atoms with Crippen LogP contribution in [0, 0.1) is 5.92 Å². The predicted molar refractivity (Wildman–Crippen MR) is 84.1 cm³/mol. The fraction of sp³-hybridized carbons (Fsp3) is 0.588. The Hall–Kier alpha value is -1.55. The molecule has 2 rings (SSSR count). The number of carbonyl (C=O) groups is 1. The van der Waals surface area contributed by atoms with Crippen LogP contribution in [0.3, 0.4) is 0 Å². The molecule has 0 aromatic heterocycles. The Labute approximate surface area is 127 Å². The van der Waals surface area contributed by atoms with Crippen molar-refractivity contribution in [2.75, 3.05) is 19.7 Å². The molecular weight excluding hydrogens is 264 g/mol. The molecule has 0 spiro atoms. The number of likely N-dealkylation sites (tertiary alicyclic amines) is 1. The molecule has 0 saturated carbocycles. The van der Waals surface area contributed by atoms with Crippen molar-refractivity contribution in [3.05, 3.63) is 35.9 Å². The topological polar surface area (TPSA) is 52.6 Å². The molecule has 0 aliphatic carbocycles. The Morgan fingerprint density at radius 2 is 2.00 bits per heavy atom. The van der Waals surface area contributed by atoms with Crippen LogP contribution >= 0.6 is 0 Å². The van der Waals surface area contributed by atoms with Crippen LogP contribution in [0.15, 0.2) is 30.3 Å². The molecule has 1 atom stereocenters. The fourth-order valence-corrected chi connectivity index (χ4v) is 2.78. The lowest BCUT2D eigenvalue weighted by Gasteiger charge is -2.32. The van der Waals surface area contributed by atoms with Crippen LogP contribution in [0.4, 0.5) is 4.79 Å². The maximum Gasteiger partial charge on any atom is 0.317 e. The molecule has 1 heterocycles. The molecule has 4 heteroatoms. The average Bonchev–Trinajstić information content (AvgIpc) is 2.55. The summed E-state index contributed by atoms with van der Waals surface area (Å²) in [6.45, 7) is 3.84. The molecule has 2 amide bonds. The lowest BCUT2D eigenvalue weighted by Crippen LogP contribution is -2.48. The lowest BCUT2D eigenvalue weighted by molar-refractivity contribution is 0.135. The first-order chi connectivity index (χ1) is 10.2. The largest absolute Gasteiger partial charge is 0.396 e. The molecule has 1 aliphatic rings. The molecular formula is C17H26N2O2. The Bertz CT molecular complexity index is 428. The number of nitrogens with zero attached hydrogens (tertiary/aromatic N) is 1. The minimum absolute atomic E-state index is 0.0363. The second kappa shape index (κ2) is 8.03. The standard InChI is InChI=1S/C17H26N2O2/c1-2-16(12-14-6-4-3-5-7-14)18-17(21)19-10-8-15(13-20)9-11-19/h3-7,15-16,20H,2,8-13H2,1H3,(H,18,21). The van der Waals surface area contributed by atoms with E-state index in [1.54, 1.807) is 0 Å². The summed E-state index contributed by atoms with van der Waals surface area (Å²) >= 11 is 0. The third kappa shape index (κ3) is 4.74. The quantitative estimate of drug-likeness (QED) is 0.875. The number of hydrogen-bond donors (Lipinski definition) is 2. The molecule has 1 aromatic rings. The normalized spacial score (nSPS) is 17.5. The second-order valence-corrected chi connectivity index (χ2v) is 5.86. The smallest absolute Gasteiger partial charge is 0.317 e. The summed E-state index contributed by atoms with van der Waals surface area (Å²) in [5.41, 5.74) is 1.25. The van der Waals surface area contributed by atoms with E-state index in [1.165, 1.54) is 5.56 Å². The number of rotatable bonds is 5. The van der Waals surface area contributed by atoms with Gasteiger partial charge in [0.25, 0.3) is 0 Å². The zero-order chi connectivity index (χ0) is 15.1. The van der Waals surface area contributed by atoms with E-state index in [1.807, 2.05) is 23.1 Å². The number of urea groups is 1. The summed E-state index contributed by atoms with van der Waals surface area (Å²) < 4.78 is 0. The first kappa shape index (κ1) is 15.8. The van der Waals surface area contributed by atoms with Gasteiger partial charge in [0.2, 0.25) is 0 Å². The van der Waals surface area contributed by atoms with E-state index in [0.29, 0.717) is 5.92 Å². The van der Waals surface area contributed by atoms with Gasteiger partial charge in [0.05, 0.1) is 0 Å². The number of aliphatic hydroxyl groups excluding tert-OH is 1. The third-order valence-corrected chi connectivity index (χ3v) is 4.31. The fourth-order valence-electron chi connectivity index (χ4n) is 2.78. The highest BCUT2D eigenvalue weighted by Gasteiger charge is 2.23. The summed E-state index contributed by atoms with van der Waals surface area (Å²) in [5, 5.41) is 12.3. The van der Waals surface area contributed by atoms with Crippen LogP contribution in [0.25, 0.3) is 0 Å². The molecule has 4 nitrogen and oxygen atoms in total. The molecule has 21 heavy (non-hydrogen) atoms. The van der Waals surface area contributed by atoms with Gasteiger partial charge in [0.15, 0.2) is 0 Å². The van der Waals surface area contributed by atoms with Gasteiger partial charge in [-0.15, -0.1) is 0 Å². The molecule has 0 bridgehead atoms. The number of carbonyl (C=O) groups excluding carboxylic acids is 1. The molecule has 1 saturated heterocycles. The highest BCUT2D eigenvalue weighted by atomic mass is 16.3. The van der Waals surface area contributed by atoms with Gasteiger partial charge in [-0.2, -0.15) is 0 Å². The number of piperidine rings is 1. The van der Waals surface area contributed by atoms with Crippen LogP contribution in [0.2, 0.25) is 0 Å². The summed E-state index contributed by atoms with van der Waals surface area (Å²) in [7, 11) is 0. The number of aliphatic hydroxyl groups is 1. The summed E-state index contributed by atoms with van der Waals surface area (Å²) in [4.78, 5) is 14.2. The van der Waals surface area contributed by atoms with Gasteiger partial charge in [-0.3, -0.25) is 0 Å². The van der Waals surface area contributed by atoms with Gasteiger partial charge in [-0.25, -0.2) is 4.79 Å². The summed E-state index contributed by atoms with van der Waals surface area (Å²) in [6.07, 6.45) is 3.60. The molecule has 116 valence electrons. The number of nitrogens with one attached hydrogen (secondary N) is 1. The second-order valence-electron chi connectivity index (χ2n) is 5.86. The highest BCUT2D eigenvalue weighted by molar-refractivity contribution is 5.74. The van der Waals surface area contributed by atoms with E-state index >= 15 is 0 Å². The maximum atomic E-state index is 12.3. The summed E-state index contributed by atoms with van der Waals surface area (Å²) in [5.74, 6) is 0.361. The first-order valence-corrected chi connectivity index (χ1v) is 7.93. The number of benzene rings is 1. The van der Waals surface area contributed by atoms with Crippen LogP contribution < -0.4 is 5.32 Å². The summed E-state index contributed by atoms with van der Waals surface area (Å²) in [6, 6.07) is 10.5. The number of amides is 2. The zero-order valence-corrected chi connectivity index (χ0v) is 12.8. The van der Waals surface area contributed by atoms with E-state index in [9.17, 15) is 4.79 Å². The van der Waals surface area contributed by atoms with Crippen molar-refractivity contribution in [2.45, 2.75) is 38.6 Å². The van der Waals surface area contributed by atoms with Crippen molar-refractivity contribution >= 4 is 6.03 Å². The first-order valence-electron chi connectivity index (χ1n) is 7.93. The molecule has 1 unspecified atom stereocenters. The van der Waals surface area contributed by atoms with Gasteiger partial charge in [0, 0.05) is 25.7 Å². The Morgan fingerprint density at radius 1 is 1.33 bits per heavy atom. The minimum Gasteiger partial charge on any atom is -0.396 e. The van der Waals surface area contributed by atoms with E-state index < -0.39 is 0 Å². The van der Waals surface area contributed by atoms with Crippen LogP contribution in [-0.2, 0) is 6.42 Å². The van der Waals surface area contributed by atoms with E-state index in [0.717, 1.165) is 38.8 Å². The Balaban J connectivity index is 1.82. The molecule has 0 radical (unpaired) electrons. The molecule has 1 aromatic carbocycles. The van der Waals surface area contributed by atoms with E-state index in [-0.39, 0.29) is 18.7 Å². The van der Waals surface area contributed by atoms with Crippen molar-refractivity contribution in [3.8, 4) is 0 Å².